The molecule has 0 bridgehead atoms. The monoisotopic (exact) mass is 553 g/mol. The van der Waals surface area contributed by atoms with Crippen LogP contribution in [0.1, 0.15) is 34.3 Å². The first kappa shape index (κ1) is 26.4. The molecule has 0 fully saturated rings. The third-order valence-corrected chi connectivity index (χ3v) is 8.18. The van der Waals surface area contributed by atoms with Crippen molar-refractivity contribution in [2.45, 2.75) is 12.1 Å². The normalized spacial score (nSPS) is 12.5. The molecule has 0 saturated heterocycles. The van der Waals surface area contributed by atoms with Gasteiger partial charge in [-0.3, -0.25) is 0 Å². The topological polar surface area (TPSA) is 8.81 Å². The first-order valence-electron chi connectivity index (χ1n) is 14.8. The summed E-state index contributed by atoms with van der Waals surface area (Å²) in [5, 5.41) is 0. The number of imidazole rings is 1. The molecule has 0 radical (unpaired) electrons. The summed E-state index contributed by atoms with van der Waals surface area (Å²) in [5.41, 5.74) is 9.95. The number of hydrogen-bond donors (Lipinski definition) is 0. The molecule has 1 heterocycles. The Balaban J connectivity index is 1.40. The van der Waals surface area contributed by atoms with Gasteiger partial charge in [0, 0.05) is 22.3 Å². The van der Waals surface area contributed by atoms with Crippen LogP contribution in [0.15, 0.2) is 189 Å². The van der Waals surface area contributed by atoms with Gasteiger partial charge in [-0.05, 0) is 22.3 Å². The van der Waals surface area contributed by atoms with Gasteiger partial charge >= 0.3 is 0 Å². The van der Waals surface area contributed by atoms with E-state index >= 15 is 0 Å². The van der Waals surface area contributed by atoms with Gasteiger partial charge < -0.3 is 0 Å². The predicted molar refractivity (Wildman–Crippen MR) is 176 cm³/mol. The Morgan fingerprint density at radius 1 is 0.419 bits per heavy atom. The van der Waals surface area contributed by atoms with Gasteiger partial charge in [-0.15, -0.1) is 0 Å². The highest BCUT2D eigenvalue weighted by molar-refractivity contribution is 5.69. The summed E-state index contributed by atoms with van der Waals surface area (Å²) in [7, 11) is 0. The molecule has 1 aromatic heterocycles. The van der Waals surface area contributed by atoms with Crippen LogP contribution >= 0.6 is 0 Å². The molecule has 0 saturated carbocycles. The largest absolute Gasteiger partial charge is 0.245 e. The minimum atomic E-state index is -0.000327. The summed E-state index contributed by atoms with van der Waals surface area (Å²) in [6, 6.07) is 60.6. The van der Waals surface area contributed by atoms with Crippen molar-refractivity contribution in [1.82, 2.24) is 4.57 Å². The van der Waals surface area contributed by atoms with Crippen LogP contribution in [-0.2, 0) is 0 Å². The lowest BCUT2D eigenvalue weighted by Gasteiger charge is -2.20. The summed E-state index contributed by atoms with van der Waals surface area (Å²) in [6.07, 6.45) is 6.72. The van der Waals surface area contributed by atoms with E-state index in [1.807, 2.05) is 0 Å². The molecule has 0 amide bonds. The lowest BCUT2D eigenvalue weighted by atomic mass is 9.90. The Morgan fingerprint density at radius 3 is 1.44 bits per heavy atom. The van der Waals surface area contributed by atoms with Crippen molar-refractivity contribution in [3.05, 3.63) is 211 Å². The zero-order valence-electron chi connectivity index (χ0n) is 23.9. The number of rotatable bonds is 8. The van der Waals surface area contributed by atoms with E-state index in [1.54, 1.807) is 0 Å². The smallest absolute Gasteiger partial charge is 0.226 e. The molecule has 206 valence electrons. The Bertz CT molecular complexity index is 1770. The molecule has 0 spiro atoms. The van der Waals surface area contributed by atoms with Crippen molar-refractivity contribution < 1.29 is 4.57 Å². The Kier molecular flexibility index (Phi) is 7.49. The van der Waals surface area contributed by atoms with Crippen LogP contribution in [0, 0.1) is 0 Å². The number of benzene rings is 6. The highest BCUT2D eigenvalue weighted by atomic mass is 15.1. The fourth-order valence-electron chi connectivity index (χ4n) is 6.22. The summed E-state index contributed by atoms with van der Waals surface area (Å²) in [4.78, 5) is 0. The standard InChI is InChI=1S/C41H33N2/c1-5-17-32(18-6-1)36-25-13-15-27-38(36)40(34-21-9-3-10-22-34)42-29-30-43(31-42)41(35-23-11-4-12-24-35)39-28-16-14-26-37(39)33-19-7-2-8-20-33/h1-31,40-41H/q+1. The number of aromatic nitrogens is 2. The van der Waals surface area contributed by atoms with Crippen molar-refractivity contribution in [2.75, 3.05) is 0 Å². The lowest BCUT2D eigenvalue weighted by molar-refractivity contribution is -0.704. The van der Waals surface area contributed by atoms with E-state index in [0.29, 0.717) is 0 Å². The van der Waals surface area contributed by atoms with Crippen LogP contribution in [0.5, 0.6) is 0 Å². The summed E-state index contributed by atoms with van der Waals surface area (Å²) < 4.78 is 4.72. The van der Waals surface area contributed by atoms with E-state index in [4.69, 9.17) is 0 Å². The van der Waals surface area contributed by atoms with E-state index in [2.05, 4.69) is 198 Å². The molecular formula is C41H33N2+. The second-order valence-corrected chi connectivity index (χ2v) is 10.8. The third kappa shape index (κ3) is 5.43. The molecule has 2 unspecified atom stereocenters. The van der Waals surface area contributed by atoms with Gasteiger partial charge in [0.1, 0.15) is 12.4 Å². The highest BCUT2D eigenvalue weighted by Gasteiger charge is 2.29. The highest BCUT2D eigenvalue weighted by Crippen LogP contribution is 2.36. The zero-order valence-corrected chi connectivity index (χ0v) is 23.9. The molecule has 0 aliphatic rings. The average molecular weight is 554 g/mol. The Morgan fingerprint density at radius 2 is 0.860 bits per heavy atom. The Hall–Kier alpha value is -5.47. The van der Waals surface area contributed by atoms with E-state index in [-0.39, 0.29) is 12.1 Å². The molecule has 7 aromatic rings. The van der Waals surface area contributed by atoms with Crippen molar-refractivity contribution >= 4 is 0 Å². The predicted octanol–water partition coefficient (Wildman–Crippen LogP) is 9.38. The maximum absolute atomic E-state index is 2.36. The van der Waals surface area contributed by atoms with Crippen molar-refractivity contribution in [1.29, 1.82) is 0 Å². The average Bonchev–Trinajstić information content (AvgIpc) is 3.56. The summed E-state index contributed by atoms with van der Waals surface area (Å²) in [6.45, 7) is 0. The van der Waals surface area contributed by atoms with Gasteiger partial charge in [0.05, 0.1) is 0 Å². The molecule has 0 N–H and O–H groups in total. The third-order valence-electron chi connectivity index (χ3n) is 8.18. The first-order valence-corrected chi connectivity index (χ1v) is 14.8. The van der Waals surface area contributed by atoms with Crippen LogP contribution in [0.4, 0.5) is 0 Å². The van der Waals surface area contributed by atoms with Gasteiger partial charge in [0.25, 0.3) is 0 Å². The quantitative estimate of drug-likeness (QED) is 0.166. The van der Waals surface area contributed by atoms with Gasteiger partial charge in [0.15, 0.2) is 12.1 Å². The van der Waals surface area contributed by atoms with Crippen molar-refractivity contribution in [3.8, 4) is 22.3 Å². The fourth-order valence-corrected chi connectivity index (χ4v) is 6.22. The second-order valence-electron chi connectivity index (χ2n) is 10.8. The summed E-state index contributed by atoms with van der Waals surface area (Å²) >= 11 is 0. The van der Waals surface area contributed by atoms with Crippen LogP contribution in [0.2, 0.25) is 0 Å². The Labute approximate surface area is 253 Å². The van der Waals surface area contributed by atoms with Crippen LogP contribution in [0.3, 0.4) is 0 Å². The minimum Gasteiger partial charge on any atom is -0.226 e. The first-order chi connectivity index (χ1) is 21.4. The van der Waals surface area contributed by atoms with Gasteiger partial charge in [-0.25, -0.2) is 9.13 Å². The SMILES string of the molecule is c1ccc(-c2ccccc2C(c2ccccc2)n2cc[n+](C(c3ccccc3)c3ccccc3-c3ccccc3)c2)cc1. The minimum absolute atomic E-state index is 0.000327. The fraction of sp³-hybridized carbons (Fsp3) is 0.0488. The van der Waals surface area contributed by atoms with E-state index in [0.717, 1.165) is 0 Å². The second kappa shape index (κ2) is 12.2. The molecule has 2 heteroatoms. The molecule has 2 atom stereocenters. The summed E-state index contributed by atoms with van der Waals surface area (Å²) in [5.74, 6) is 0. The van der Waals surface area contributed by atoms with Crippen molar-refractivity contribution in [3.63, 3.8) is 0 Å². The number of hydrogen-bond acceptors (Lipinski definition) is 0. The van der Waals surface area contributed by atoms with Crippen molar-refractivity contribution in [2.24, 2.45) is 0 Å². The molecular weight excluding hydrogens is 520 g/mol. The van der Waals surface area contributed by atoms with Gasteiger partial charge in [0.2, 0.25) is 6.33 Å². The molecule has 0 aliphatic carbocycles. The molecule has 6 aromatic carbocycles. The maximum Gasteiger partial charge on any atom is 0.245 e. The molecule has 7 rings (SSSR count). The van der Waals surface area contributed by atoms with Gasteiger partial charge in [-0.1, -0.05) is 170 Å². The van der Waals surface area contributed by atoms with Crippen LogP contribution in [-0.4, -0.2) is 4.57 Å². The van der Waals surface area contributed by atoms with E-state index < -0.39 is 0 Å². The maximum atomic E-state index is 2.36. The van der Waals surface area contributed by atoms with Crippen LogP contribution in [0.25, 0.3) is 22.3 Å². The lowest BCUT2D eigenvalue weighted by Crippen LogP contribution is -2.39. The van der Waals surface area contributed by atoms with E-state index in [1.165, 1.54) is 44.5 Å². The van der Waals surface area contributed by atoms with E-state index in [9.17, 15) is 0 Å². The molecule has 43 heavy (non-hydrogen) atoms. The number of nitrogens with zero attached hydrogens (tertiary/aromatic N) is 2. The van der Waals surface area contributed by atoms with Crippen LogP contribution < -0.4 is 4.57 Å². The molecule has 2 nitrogen and oxygen atoms in total. The molecule has 0 aliphatic heterocycles. The van der Waals surface area contributed by atoms with Gasteiger partial charge in [-0.2, -0.15) is 0 Å². The zero-order chi connectivity index (χ0) is 28.8.